The van der Waals surface area contributed by atoms with Crippen LogP contribution in [-0.4, -0.2) is 18.2 Å². The largest absolute Gasteiger partial charge is 0.399 e. The number of nitrogen functional groups attached to an aromatic ring is 1. The van der Waals surface area contributed by atoms with Gasteiger partial charge in [-0.15, -0.1) is 11.8 Å². The van der Waals surface area contributed by atoms with Crippen molar-refractivity contribution in [2.45, 2.75) is 11.3 Å². The van der Waals surface area contributed by atoms with E-state index in [4.69, 9.17) is 17.3 Å². The van der Waals surface area contributed by atoms with Crippen LogP contribution in [0, 0.1) is 0 Å². The molecule has 0 fully saturated rings. The van der Waals surface area contributed by atoms with E-state index in [2.05, 4.69) is 5.32 Å². The van der Waals surface area contributed by atoms with Gasteiger partial charge in [0, 0.05) is 22.2 Å². The molecular formula is C16H17ClN2OS. The summed E-state index contributed by atoms with van der Waals surface area (Å²) in [5, 5.41) is 3.62. The average Bonchev–Trinajstić information content (AvgIpc) is 2.45. The second kappa shape index (κ2) is 7.96. The van der Waals surface area contributed by atoms with Crippen LogP contribution in [0.3, 0.4) is 0 Å². The van der Waals surface area contributed by atoms with E-state index in [0.29, 0.717) is 18.0 Å². The van der Waals surface area contributed by atoms with Crippen LogP contribution in [0.1, 0.15) is 5.56 Å². The molecule has 0 aliphatic carbocycles. The molecule has 110 valence electrons. The average molecular weight is 321 g/mol. The summed E-state index contributed by atoms with van der Waals surface area (Å²) in [6.07, 6.45) is 0.773. The van der Waals surface area contributed by atoms with Crippen molar-refractivity contribution in [3.05, 3.63) is 59.1 Å². The van der Waals surface area contributed by atoms with E-state index >= 15 is 0 Å². The molecule has 0 spiro atoms. The number of thioether (sulfide) groups is 1. The predicted molar refractivity (Wildman–Crippen MR) is 89.7 cm³/mol. The van der Waals surface area contributed by atoms with Crippen LogP contribution in [0.5, 0.6) is 0 Å². The van der Waals surface area contributed by atoms with E-state index in [9.17, 15) is 4.79 Å². The number of halogens is 1. The van der Waals surface area contributed by atoms with Gasteiger partial charge in [-0.2, -0.15) is 0 Å². The number of rotatable bonds is 6. The molecule has 5 heteroatoms. The first kappa shape index (κ1) is 15.7. The van der Waals surface area contributed by atoms with Gasteiger partial charge in [-0.05, 0) is 42.3 Å². The fourth-order valence-electron chi connectivity index (χ4n) is 1.84. The number of hydrogen-bond acceptors (Lipinski definition) is 3. The first-order chi connectivity index (χ1) is 10.1. The third-order valence-electron chi connectivity index (χ3n) is 2.85. The molecule has 3 nitrogen and oxygen atoms in total. The Bertz CT molecular complexity index is 619. The van der Waals surface area contributed by atoms with Gasteiger partial charge in [0.25, 0.3) is 0 Å². The van der Waals surface area contributed by atoms with Crippen LogP contribution in [0.25, 0.3) is 0 Å². The number of carbonyl (C=O) groups excluding carboxylic acids is 1. The molecule has 2 aromatic carbocycles. The van der Waals surface area contributed by atoms with Crippen molar-refractivity contribution in [3.8, 4) is 0 Å². The zero-order valence-electron chi connectivity index (χ0n) is 11.5. The topological polar surface area (TPSA) is 55.1 Å². The van der Waals surface area contributed by atoms with E-state index in [-0.39, 0.29) is 5.91 Å². The van der Waals surface area contributed by atoms with E-state index in [0.717, 1.165) is 21.9 Å². The lowest BCUT2D eigenvalue weighted by atomic mass is 10.1. The van der Waals surface area contributed by atoms with E-state index in [1.807, 2.05) is 48.5 Å². The molecule has 2 rings (SSSR count). The number of carbonyl (C=O) groups is 1. The molecule has 0 aromatic heterocycles. The summed E-state index contributed by atoms with van der Waals surface area (Å²) in [5.41, 5.74) is 7.52. The van der Waals surface area contributed by atoms with Gasteiger partial charge in [-0.1, -0.05) is 29.8 Å². The number of anilines is 1. The molecule has 0 saturated heterocycles. The van der Waals surface area contributed by atoms with Crippen LogP contribution in [-0.2, 0) is 11.2 Å². The summed E-state index contributed by atoms with van der Waals surface area (Å²) in [4.78, 5) is 12.8. The molecule has 21 heavy (non-hydrogen) atoms. The third kappa shape index (κ3) is 5.69. The van der Waals surface area contributed by atoms with Gasteiger partial charge in [-0.3, -0.25) is 4.79 Å². The summed E-state index contributed by atoms with van der Waals surface area (Å²) < 4.78 is 0. The molecule has 3 N–H and O–H groups in total. The molecule has 1 amide bonds. The van der Waals surface area contributed by atoms with Crippen molar-refractivity contribution in [3.63, 3.8) is 0 Å². The second-order valence-corrected chi connectivity index (χ2v) is 6.08. The number of nitrogens with one attached hydrogen (secondary N) is 1. The zero-order chi connectivity index (χ0) is 15.1. The Hall–Kier alpha value is -1.65. The van der Waals surface area contributed by atoms with Crippen molar-refractivity contribution < 1.29 is 4.79 Å². The summed E-state index contributed by atoms with van der Waals surface area (Å²) in [6, 6.07) is 15.2. The highest BCUT2D eigenvalue weighted by molar-refractivity contribution is 8.00. The number of nitrogens with two attached hydrogens (primary N) is 1. The number of amides is 1. The highest BCUT2D eigenvalue weighted by Gasteiger charge is 2.03. The second-order valence-electron chi connectivity index (χ2n) is 4.59. The summed E-state index contributed by atoms with van der Waals surface area (Å²) >= 11 is 7.39. The molecule has 0 aliphatic heterocycles. The Balaban J connectivity index is 1.70. The van der Waals surface area contributed by atoms with Gasteiger partial charge in [0.1, 0.15) is 0 Å². The van der Waals surface area contributed by atoms with Gasteiger partial charge in [0.2, 0.25) is 5.91 Å². The van der Waals surface area contributed by atoms with Gasteiger partial charge < -0.3 is 11.1 Å². The molecule has 0 saturated carbocycles. The fraction of sp³-hybridized carbons (Fsp3) is 0.188. The maximum atomic E-state index is 11.8. The highest BCUT2D eigenvalue weighted by Crippen LogP contribution is 2.19. The normalized spacial score (nSPS) is 10.3. The number of hydrogen-bond donors (Lipinski definition) is 2. The lowest BCUT2D eigenvalue weighted by molar-refractivity contribution is -0.118. The smallest absolute Gasteiger partial charge is 0.230 e. The van der Waals surface area contributed by atoms with Gasteiger partial charge in [-0.25, -0.2) is 0 Å². The van der Waals surface area contributed by atoms with E-state index in [1.54, 1.807) is 0 Å². The lowest BCUT2D eigenvalue weighted by Gasteiger charge is -2.06. The maximum Gasteiger partial charge on any atom is 0.230 e. The molecule has 0 unspecified atom stereocenters. The Morgan fingerprint density at radius 1 is 1.19 bits per heavy atom. The lowest BCUT2D eigenvalue weighted by Crippen LogP contribution is -2.27. The molecular weight excluding hydrogens is 304 g/mol. The molecule has 0 atom stereocenters. The summed E-state index contributed by atoms with van der Waals surface area (Å²) in [5.74, 6) is 0.406. The van der Waals surface area contributed by atoms with Crippen LogP contribution in [0.2, 0.25) is 5.02 Å². The summed E-state index contributed by atoms with van der Waals surface area (Å²) in [6.45, 7) is 0.608. The van der Waals surface area contributed by atoms with Crippen LogP contribution >= 0.6 is 23.4 Å². The van der Waals surface area contributed by atoms with Crippen LogP contribution in [0.15, 0.2) is 53.4 Å². The standard InChI is InChI=1S/C16H17ClN2OS/c17-13-4-1-3-12(9-13)7-8-19-16(20)11-21-15-6-2-5-14(18)10-15/h1-6,9-10H,7-8,11,18H2,(H,19,20). The minimum absolute atomic E-state index is 0.0180. The molecule has 2 aromatic rings. The van der Waals surface area contributed by atoms with Gasteiger partial charge in [0.05, 0.1) is 5.75 Å². The molecule has 0 heterocycles. The van der Waals surface area contributed by atoms with Crippen molar-refractivity contribution in [2.75, 3.05) is 18.0 Å². The first-order valence-electron chi connectivity index (χ1n) is 6.63. The van der Waals surface area contributed by atoms with Crippen molar-refractivity contribution in [1.82, 2.24) is 5.32 Å². The van der Waals surface area contributed by atoms with Crippen molar-refractivity contribution in [1.29, 1.82) is 0 Å². The van der Waals surface area contributed by atoms with Gasteiger partial charge >= 0.3 is 0 Å². The van der Waals surface area contributed by atoms with Crippen LogP contribution < -0.4 is 11.1 Å². The van der Waals surface area contributed by atoms with Crippen LogP contribution in [0.4, 0.5) is 5.69 Å². The fourth-order valence-corrected chi connectivity index (χ4v) is 2.85. The Labute approximate surface area is 133 Å². The molecule has 0 aliphatic rings. The monoisotopic (exact) mass is 320 g/mol. The predicted octanol–water partition coefficient (Wildman–Crippen LogP) is 3.37. The van der Waals surface area contributed by atoms with Crippen molar-refractivity contribution in [2.24, 2.45) is 0 Å². The Morgan fingerprint density at radius 2 is 2.00 bits per heavy atom. The Kier molecular flexibility index (Phi) is 5.96. The Morgan fingerprint density at radius 3 is 2.76 bits per heavy atom. The van der Waals surface area contributed by atoms with Gasteiger partial charge in [0.15, 0.2) is 0 Å². The van der Waals surface area contributed by atoms with E-state index < -0.39 is 0 Å². The first-order valence-corrected chi connectivity index (χ1v) is 7.99. The quantitative estimate of drug-likeness (QED) is 0.634. The maximum absolute atomic E-state index is 11.8. The minimum Gasteiger partial charge on any atom is -0.399 e. The van der Waals surface area contributed by atoms with E-state index in [1.165, 1.54) is 11.8 Å². The third-order valence-corrected chi connectivity index (χ3v) is 4.08. The zero-order valence-corrected chi connectivity index (χ0v) is 13.1. The van der Waals surface area contributed by atoms with Crippen molar-refractivity contribution >= 4 is 35.0 Å². The minimum atomic E-state index is 0.0180. The summed E-state index contributed by atoms with van der Waals surface area (Å²) in [7, 11) is 0. The number of benzene rings is 2. The molecule has 0 radical (unpaired) electrons. The SMILES string of the molecule is Nc1cccc(SCC(=O)NCCc2cccc(Cl)c2)c1. The highest BCUT2D eigenvalue weighted by atomic mass is 35.5. The molecule has 0 bridgehead atoms.